The van der Waals surface area contributed by atoms with E-state index in [2.05, 4.69) is 31.5 Å². The molecule has 0 aliphatic heterocycles. The SMILES string of the molecule is CC(C)C(O)C#CC[Si](C)(C)C. The molecule has 2 heteroatoms. The van der Waals surface area contributed by atoms with Crippen LogP contribution in [0.25, 0.3) is 0 Å². The lowest BCUT2D eigenvalue weighted by Gasteiger charge is -2.10. The maximum absolute atomic E-state index is 9.37. The summed E-state index contributed by atoms with van der Waals surface area (Å²) in [5.41, 5.74) is 0. The molecule has 0 spiro atoms. The number of aliphatic hydroxyl groups excluding tert-OH is 1. The van der Waals surface area contributed by atoms with E-state index in [1.54, 1.807) is 0 Å². The van der Waals surface area contributed by atoms with Crippen LogP contribution >= 0.6 is 0 Å². The van der Waals surface area contributed by atoms with Crippen molar-refractivity contribution in [2.24, 2.45) is 5.92 Å². The van der Waals surface area contributed by atoms with E-state index in [4.69, 9.17) is 0 Å². The molecular formula is C10H20OSi. The lowest BCUT2D eigenvalue weighted by atomic mass is 10.1. The molecule has 0 aromatic carbocycles. The fourth-order valence-electron chi connectivity index (χ4n) is 0.587. The van der Waals surface area contributed by atoms with Gasteiger partial charge in [0, 0.05) is 6.04 Å². The number of rotatable bonds is 2. The second kappa shape index (κ2) is 4.69. The molecule has 0 amide bonds. The highest BCUT2D eigenvalue weighted by molar-refractivity contribution is 6.76. The van der Waals surface area contributed by atoms with Gasteiger partial charge < -0.3 is 5.11 Å². The van der Waals surface area contributed by atoms with Crippen molar-refractivity contribution in [2.75, 3.05) is 0 Å². The van der Waals surface area contributed by atoms with Crippen molar-refractivity contribution < 1.29 is 5.11 Å². The highest BCUT2D eigenvalue weighted by Gasteiger charge is 2.10. The van der Waals surface area contributed by atoms with Gasteiger partial charge in [-0.1, -0.05) is 39.4 Å². The molecule has 0 bridgehead atoms. The standard InChI is InChI=1S/C10H20OSi/c1-9(2)10(11)7-6-8-12(3,4)5/h9-11H,8H2,1-5H3. The molecule has 0 saturated heterocycles. The zero-order chi connectivity index (χ0) is 9.78. The summed E-state index contributed by atoms with van der Waals surface area (Å²) in [6.45, 7) is 10.8. The van der Waals surface area contributed by atoms with Crippen molar-refractivity contribution in [2.45, 2.75) is 45.6 Å². The van der Waals surface area contributed by atoms with Crippen LogP contribution in [0, 0.1) is 17.8 Å². The van der Waals surface area contributed by atoms with Crippen molar-refractivity contribution in [1.29, 1.82) is 0 Å². The van der Waals surface area contributed by atoms with E-state index >= 15 is 0 Å². The Morgan fingerprint density at radius 1 is 1.25 bits per heavy atom. The van der Waals surface area contributed by atoms with E-state index in [0.29, 0.717) is 0 Å². The van der Waals surface area contributed by atoms with Crippen molar-refractivity contribution >= 4 is 8.07 Å². The Balaban J connectivity index is 3.89. The highest BCUT2D eigenvalue weighted by Crippen LogP contribution is 2.06. The predicted octanol–water partition coefficient (Wildman–Crippen LogP) is 2.34. The van der Waals surface area contributed by atoms with Crippen LogP contribution in [0.2, 0.25) is 25.7 Å². The molecule has 70 valence electrons. The maximum atomic E-state index is 9.37. The third kappa shape index (κ3) is 6.45. The van der Waals surface area contributed by atoms with Gasteiger partial charge in [-0.25, -0.2) is 0 Å². The minimum Gasteiger partial charge on any atom is -0.380 e. The first-order valence-corrected chi connectivity index (χ1v) is 8.20. The Bertz CT molecular complexity index is 180. The van der Waals surface area contributed by atoms with E-state index in [-0.39, 0.29) is 5.92 Å². The maximum Gasteiger partial charge on any atom is 0.117 e. The molecule has 0 heterocycles. The smallest absolute Gasteiger partial charge is 0.117 e. The van der Waals surface area contributed by atoms with Gasteiger partial charge >= 0.3 is 0 Å². The van der Waals surface area contributed by atoms with Crippen LogP contribution < -0.4 is 0 Å². The molecule has 0 aromatic heterocycles. The zero-order valence-electron chi connectivity index (χ0n) is 8.81. The van der Waals surface area contributed by atoms with Crippen LogP contribution in [-0.4, -0.2) is 19.3 Å². The summed E-state index contributed by atoms with van der Waals surface area (Å²) in [6, 6.07) is 0.983. The van der Waals surface area contributed by atoms with Crippen molar-refractivity contribution in [3.05, 3.63) is 0 Å². The van der Waals surface area contributed by atoms with Crippen LogP contribution in [0.1, 0.15) is 13.8 Å². The Morgan fingerprint density at radius 2 is 1.75 bits per heavy atom. The second-order valence-electron chi connectivity index (χ2n) is 4.75. The summed E-state index contributed by atoms with van der Waals surface area (Å²) in [5.74, 6) is 6.20. The fraction of sp³-hybridized carbons (Fsp3) is 0.800. The van der Waals surface area contributed by atoms with Gasteiger partial charge in [0.2, 0.25) is 0 Å². The van der Waals surface area contributed by atoms with Gasteiger partial charge in [0.05, 0.1) is 8.07 Å². The van der Waals surface area contributed by atoms with Gasteiger partial charge in [-0.2, -0.15) is 0 Å². The van der Waals surface area contributed by atoms with Crippen LogP contribution in [0.5, 0.6) is 0 Å². The Kier molecular flexibility index (Phi) is 4.58. The van der Waals surface area contributed by atoms with Crippen molar-refractivity contribution in [3.8, 4) is 11.8 Å². The average molecular weight is 184 g/mol. The molecular weight excluding hydrogens is 164 g/mol. The van der Waals surface area contributed by atoms with E-state index in [1.807, 2.05) is 13.8 Å². The largest absolute Gasteiger partial charge is 0.380 e. The molecule has 0 aliphatic rings. The molecule has 0 rings (SSSR count). The van der Waals surface area contributed by atoms with E-state index in [0.717, 1.165) is 6.04 Å². The topological polar surface area (TPSA) is 20.2 Å². The van der Waals surface area contributed by atoms with Gasteiger partial charge in [-0.05, 0) is 5.92 Å². The molecule has 0 fully saturated rings. The molecule has 1 unspecified atom stereocenters. The minimum absolute atomic E-state index is 0.249. The minimum atomic E-state index is -1.04. The van der Waals surface area contributed by atoms with E-state index in [9.17, 15) is 5.11 Å². The van der Waals surface area contributed by atoms with Crippen molar-refractivity contribution in [3.63, 3.8) is 0 Å². The molecule has 1 N–H and O–H groups in total. The van der Waals surface area contributed by atoms with Gasteiger partial charge in [0.15, 0.2) is 0 Å². The Hall–Kier alpha value is -0.263. The first-order valence-electron chi connectivity index (χ1n) is 4.49. The molecule has 1 nitrogen and oxygen atoms in total. The van der Waals surface area contributed by atoms with Gasteiger partial charge in [0.25, 0.3) is 0 Å². The van der Waals surface area contributed by atoms with E-state index < -0.39 is 14.2 Å². The third-order valence-electron chi connectivity index (χ3n) is 1.50. The van der Waals surface area contributed by atoms with E-state index in [1.165, 1.54) is 0 Å². The molecule has 0 aromatic rings. The lowest BCUT2D eigenvalue weighted by molar-refractivity contribution is 0.181. The zero-order valence-corrected chi connectivity index (χ0v) is 9.81. The molecule has 1 atom stereocenters. The van der Waals surface area contributed by atoms with Gasteiger partial charge in [-0.15, -0.1) is 5.92 Å². The van der Waals surface area contributed by atoms with Gasteiger partial charge in [-0.3, -0.25) is 0 Å². The Morgan fingerprint density at radius 3 is 2.08 bits per heavy atom. The summed E-state index contributed by atoms with van der Waals surface area (Å²) >= 11 is 0. The number of aliphatic hydroxyl groups is 1. The first-order chi connectivity index (χ1) is 5.33. The lowest BCUT2D eigenvalue weighted by Crippen LogP contribution is -2.18. The molecule has 0 aliphatic carbocycles. The third-order valence-corrected chi connectivity index (χ3v) is 2.74. The molecule has 0 saturated carbocycles. The normalized spacial score (nSPS) is 13.9. The van der Waals surface area contributed by atoms with Crippen LogP contribution in [0.3, 0.4) is 0 Å². The summed E-state index contributed by atoms with van der Waals surface area (Å²) in [6.07, 6.45) is -0.443. The van der Waals surface area contributed by atoms with Crippen LogP contribution in [0.15, 0.2) is 0 Å². The molecule has 0 radical (unpaired) electrons. The average Bonchev–Trinajstić information content (AvgIpc) is 1.84. The predicted molar refractivity (Wildman–Crippen MR) is 56.8 cm³/mol. The quantitative estimate of drug-likeness (QED) is 0.516. The fourth-order valence-corrected chi connectivity index (χ4v) is 1.22. The summed E-state index contributed by atoms with van der Waals surface area (Å²) in [5, 5.41) is 9.37. The highest BCUT2D eigenvalue weighted by atomic mass is 28.3. The number of hydrogen-bond donors (Lipinski definition) is 1. The summed E-state index contributed by atoms with van der Waals surface area (Å²) < 4.78 is 0. The Labute approximate surface area is 77.2 Å². The van der Waals surface area contributed by atoms with Gasteiger partial charge in [0.1, 0.15) is 6.10 Å². The first kappa shape index (κ1) is 11.7. The summed E-state index contributed by atoms with van der Waals surface area (Å²) in [4.78, 5) is 0. The monoisotopic (exact) mass is 184 g/mol. The van der Waals surface area contributed by atoms with Crippen molar-refractivity contribution in [1.82, 2.24) is 0 Å². The van der Waals surface area contributed by atoms with Crippen LogP contribution in [0.4, 0.5) is 0 Å². The number of hydrogen-bond acceptors (Lipinski definition) is 1. The second-order valence-corrected chi connectivity index (χ2v) is 10.2. The molecule has 12 heavy (non-hydrogen) atoms. The summed E-state index contributed by atoms with van der Waals surface area (Å²) in [7, 11) is -1.04. The van der Waals surface area contributed by atoms with Crippen LogP contribution in [-0.2, 0) is 0 Å².